The molecule has 0 saturated carbocycles. The van der Waals surface area contributed by atoms with E-state index in [0.29, 0.717) is 18.6 Å². The van der Waals surface area contributed by atoms with E-state index in [1.54, 1.807) is 6.92 Å². The number of carbonyl (C=O) groups excluding carboxylic acids is 2. The molecule has 4 atom stereocenters. The number of halogens is 4. The van der Waals surface area contributed by atoms with Gasteiger partial charge in [0.2, 0.25) is 5.91 Å². The highest BCUT2D eigenvalue weighted by molar-refractivity contribution is 7.92. The van der Waals surface area contributed by atoms with Gasteiger partial charge in [0.05, 0.1) is 15.2 Å². The maximum absolute atomic E-state index is 13.6. The van der Waals surface area contributed by atoms with Gasteiger partial charge in [-0.05, 0) is 43.4 Å². The van der Waals surface area contributed by atoms with Crippen LogP contribution in [0.5, 0.6) is 0 Å². The number of hydrogen-bond donors (Lipinski definition) is 1. The molecule has 2 heterocycles. The quantitative estimate of drug-likeness (QED) is 0.556. The second-order valence-electron chi connectivity index (χ2n) is 9.08. The molecule has 0 aromatic heterocycles. The van der Waals surface area contributed by atoms with Gasteiger partial charge in [0.25, 0.3) is 5.91 Å². The number of nitrogens with one attached hydrogen (secondary N) is 1. The summed E-state index contributed by atoms with van der Waals surface area (Å²) in [6.45, 7) is 3.79. The first-order valence-corrected chi connectivity index (χ1v) is 13.2. The number of hydrogen-bond acceptors (Lipinski definition) is 4. The Balaban J connectivity index is 1.60. The lowest BCUT2D eigenvalue weighted by Crippen LogP contribution is -2.50. The van der Waals surface area contributed by atoms with Crippen molar-refractivity contribution in [2.24, 2.45) is 5.92 Å². The van der Waals surface area contributed by atoms with Gasteiger partial charge in [-0.15, -0.1) is 0 Å². The fraction of sp³-hybridized carbons (Fsp3) is 0.417. The maximum Gasteiger partial charge on any atom is 0.255 e. The molecule has 6 nitrogen and oxygen atoms in total. The zero-order chi connectivity index (χ0) is 25.7. The zero-order valence-corrected chi connectivity index (χ0v) is 20.6. The summed E-state index contributed by atoms with van der Waals surface area (Å²) in [6, 6.07) is 4.54. The van der Waals surface area contributed by atoms with Crippen LogP contribution in [0, 0.1) is 23.4 Å². The Hall–Kier alpha value is -2.59. The van der Waals surface area contributed by atoms with Crippen LogP contribution < -0.4 is 5.32 Å². The van der Waals surface area contributed by atoms with Crippen LogP contribution >= 0.6 is 11.6 Å². The highest BCUT2D eigenvalue weighted by Gasteiger charge is 2.50. The van der Waals surface area contributed by atoms with Crippen LogP contribution in [0.15, 0.2) is 35.2 Å². The van der Waals surface area contributed by atoms with Gasteiger partial charge in [-0.25, -0.2) is 21.6 Å². The van der Waals surface area contributed by atoms with Crippen molar-refractivity contribution < 1.29 is 31.2 Å². The Labute approximate surface area is 206 Å². The lowest BCUT2D eigenvalue weighted by Gasteiger charge is -2.39. The second kappa shape index (κ2) is 9.46. The predicted octanol–water partition coefficient (Wildman–Crippen LogP) is 4.96. The van der Waals surface area contributed by atoms with Crippen LogP contribution in [0.2, 0.25) is 5.02 Å². The number of fused-ring (bicyclic) bond motifs is 2. The number of carbonyl (C=O) groups is 2. The number of anilines is 1. The average molecular weight is 529 g/mol. The predicted molar refractivity (Wildman–Crippen MR) is 124 cm³/mol. The fourth-order valence-electron chi connectivity index (χ4n) is 5.17. The monoisotopic (exact) mass is 528 g/mol. The first-order valence-electron chi connectivity index (χ1n) is 11.2. The minimum atomic E-state index is -3.97. The molecular formula is C24H24ClF3N2O4S. The lowest BCUT2D eigenvalue weighted by molar-refractivity contribution is -0.135. The van der Waals surface area contributed by atoms with E-state index in [4.69, 9.17) is 11.6 Å². The van der Waals surface area contributed by atoms with Crippen molar-refractivity contribution in [2.75, 3.05) is 5.32 Å². The molecule has 0 radical (unpaired) electrons. The van der Waals surface area contributed by atoms with Gasteiger partial charge in [0.15, 0.2) is 27.3 Å². The molecule has 188 valence electrons. The van der Waals surface area contributed by atoms with Gasteiger partial charge in [0.1, 0.15) is 0 Å². The van der Waals surface area contributed by atoms with Crippen molar-refractivity contribution in [3.63, 3.8) is 0 Å². The van der Waals surface area contributed by atoms with E-state index in [2.05, 4.69) is 5.32 Å². The molecule has 4 rings (SSSR count). The van der Waals surface area contributed by atoms with Crippen LogP contribution in [0.3, 0.4) is 0 Å². The Kier molecular flexibility index (Phi) is 6.89. The molecular weight excluding hydrogens is 505 g/mol. The summed E-state index contributed by atoms with van der Waals surface area (Å²) < 4.78 is 67.3. The minimum absolute atomic E-state index is 0.00515. The van der Waals surface area contributed by atoms with Crippen molar-refractivity contribution in [2.45, 2.75) is 61.8 Å². The van der Waals surface area contributed by atoms with Gasteiger partial charge in [0, 0.05) is 41.9 Å². The first kappa shape index (κ1) is 25.5. The highest BCUT2D eigenvalue weighted by atomic mass is 35.5. The van der Waals surface area contributed by atoms with E-state index in [1.807, 2.05) is 11.8 Å². The summed E-state index contributed by atoms with van der Waals surface area (Å²) >= 11 is 6.23. The Morgan fingerprint density at radius 3 is 2.34 bits per heavy atom. The van der Waals surface area contributed by atoms with E-state index < -0.39 is 38.4 Å². The number of nitrogens with zero attached hydrogens (tertiary/aromatic N) is 1. The molecule has 2 fully saturated rings. The third-order valence-electron chi connectivity index (χ3n) is 6.86. The molecule has 2 aromatic rings. The number of piperidine rings is 1. The molecule has 11 heteroatoms. The SMILES string of the molecule is CCC(=O)N1C2CC(S(=O)(=O)c3cc(C(=O)Nc4cc(F)c(F)c(F)c4)ccc3Cl)C[C@@H]1[C@H](C)C2. The first-order chi connectivity index (χ1) is 16.4. The number of benzene rings is 2. The summed E-state index contributed by atoms with van der Waals surface area (Å²) in [4.78, 5) is 26.7. The van der Waals surface area contributed by atoms with Crippen molar-refractivity contribution in [1.82, 2.24) is 4.90 Å². The number of sulfone groups is 1. The van der Waals surface area contributed by atoms with Crippen molar-refractivity contribution in [3.8, 4) is 0 Å². The molecule has 2 saturated heterocycles. The van der Waals surface area contributed by atoms with Crippen LogP contribution in [0.4, 0.5) is 18.9 Å². The molecule has 0 spiro atoms. The average Bonchev–Trinajstić information content (AvgIpc) is 3.00. The molecule has 2 unspecified atom stereocenters. The van der Waals surface area contributed by atoms with Crippen molar-refractivity contribution in [1.29, 1.82) is 0 Å². The maximum atomic E-state index is 13.6. The van der Waals surface area contributed by atoms with Crippen LogP contribution in [0.1, 0.15) is 49.9 Å². The highest BCUT2D eigenvalue weighted by Crippen LogP contribution is 2.44. The summed E-state index contributed by atoms with van der Waals surface area (Å²) in [7, 11) is -3.97. The summed E-state index contributed by atoms with van der Waals surface area (Å²) in [5.74, 6) is -5.29. The number of rotatable bonds is 5. The van der Waals surface area contributed by atoms with E-state index in [-0.39, 0.29) is 57.9 Å². The molecule has 2 bridgehead atoms. The Morgan fingerprint density at radius 1 is 1.09 bits per heavy atom. The Bertz CT molecular complexity index is 1280. The summed E-state index contributed by atoms with van der Waals surface area (Å²) in [5.41, 5.74) is -0.433. The normalized spacial score (nSPS) is 23.9. The minimum Gasteiger partial charge on any atom is -0.336 e. The smallest absolute Gasteiger partial charge is 0.255 e. The molecule has 2 aromatic carbocycles. The van der Waals surface area contributed by atoms with Gasteiger partial charge in [-0.1, -0.05) is 25.4 Å². The molecule has 35 heavy (non-hydrogen) atoms. The molecule has 0 aliphatic carbocycles. The fourth-order valence-corrected chi connectivity index (χ4v) is 7.52. The molecule has 1 N–H and O–H groups in total. The van der Waals surface area contributed by atoms with E-state index in [0.717, 1.165) is 12.5 Å². The third kappa shape index (κ3) is 4.65. The largest absolute Gasteiger partial charge is 0.336 e. The molecule has 2 aliphatic heterocycles. The Morgan fingerprint density at radius 2 is 1.74 bits per heavy atom. The molecule has 2 aliphatic rings. The van der Waals surface area contributed by atoms with Gasteiger partial charge in [-0.3, -0.25) is 9.59 Å². The van der Waals surface area contributed by atoms with Crippen LogP contribution in [-0.2, 0) is 14.6 Å². The second-order valence-corrected chi connectivity index (χ2v) is 11.7. The van der Waals surface area contributed by atoms with E-state index >= 15 is 0 Å². The van der Waals surface area contributed by atoms with Gasteiger partial charge >= 0.3 is 0 Å². The lowest BCUT2D eigenvalue weighted by atomic mass is 9.98. The van der Waals surface area contributed by atoms with Gasteiger partial charge < -0.3 is 10.2 Å². The van der Waals surface area contributed by atoms with E-state index in [9.17, 15) is 31.2 Å². The standard InChI is InChI=1S/C24H24ClF3N2O4S/c1-3-22(31)30-15-6-12(2)20(30)11-16(10-15)35(33,34)21-7-13(4-5-17(21)25)24(32)29-14-8-18(26)23(28)19(27)9-14/h4-5,7-9,12,15-16,20H,3,6,10-11H2,1-2H3,(H,29,32)/t12-,15?,16?,20-/m1/s1. The number of amides is 2. The topological polar surface area (TPSA) is 83.6 Å². The zero-order valence-electron chi connectivity index (χ0n) is 19.0. The van der Waals surface area contributed by atoms with Crippen molar-refractivity contribution in [3.05, 3.63) is 58.4 Å². The molecule has 2 amide bonds. The van der Waals surface area contributed by atoms with Crippen LogP contribution in [0.25, 0.3) is 0 Å². The van der Waals surface area contributed by atoms with E-state index in [1.165, 1.54) is 12.1 Å². The summed E-state index contributed by atoms with van der Waals surface area (Å²) in [5, 5.41) is 1.39. The van der Waals surface area contributed by atoms with Crippen molar-refractivity contribution >= 4 is 38.9 Å². The van der Waals surface area contributed by atoms with Crippen LogP contribution in [-0.4, -0.2) is 42.5 Å². The third-order valence-corrected chi connectivity index (χ3v) is 9.52. The summed E-state index contributed by atoms with van der Waals surface area (Å²) in [6.07, 6.45) is 1.62. The van der Waals surface area contributed by atoms with Gasteiger partial charge in [-0.2, -0.15) is 0 Å².